The third kappa shape index (κ3) is 2.76. The molecule has 0 bridgehead atoms. The van der Waals surface area contributed by atoms with Crippen molar-refractivity contribution in [3.63, 3.8) is 0 Å². The highest BCUT2D eigenvalue weighted by molar-refractivity contribution is 5.95. The number of nitrogens with two attached hydrogens (primary N) is 1. The predicted molar refractivity (Wildman–Crippen MR) is 57.2 cm³/mol. The van der Waals surface area contributed by atoms with E-state index in [-0.39, 0.29) is 5.91 Å². The normalized spacial score (nSPS) is 10.1. The molecule has 1 amide bonds. The fourth-order valence-electron chi connectivity index (χ4n) is 1.33. The summed E-state index contributed by atoms with van der Waals surface area (Å²) in [6.07, 6.45) is 0. The number of carbonyl (C=O) groups is 1. The van der Waals surface area contributed by atoms with Crippen molar-refractivity contribution in [1.29, 1.82) is 0 Å². The van der Waals surface area contributed by atoms with E-state index >= 15 is 0 Å². The van der Waals surface area contributed by atoms with E-state index in [0.717, 1.165) is 5.56 Å². The van der Waals surface area contributed by atoms with Gasteiger partial charge in [0.05, 0.1) is 0 Å². The van der Waals surface area contributed by atoms with Crippen LogP contribution in [0.4, 0.5) is 4.39 Å². The van der Waals surface area contributed by atoms with E-state index in [1.165, 1.54) is 17.0 Å². The molecule has 0 aliphatic heterocycles. The smallest absolute Gasteiger partial charge is 0.254 e. The molecule has 0 aliphatic carbocycles. The monoisotopic (exact) mass is 210 g/mol. The molecule has 0 aromatic heterocycles. The number of amides is 1. The van der Waals surface area contributed by atoms with Crippen molar-refractivity contribution in [1.82, 2.24) is 4.90 Å². The predicted octanol–water partition coefficient (Wildman–Crippen LogP) is 1.16. The first kappa shape index (κ1) is 11.7. The van der Waals surface area contributed by atoms with Gasteiger partial charge in [-0.15, -0.1) is 0 Å². The Balaban J connectivity index is 2.95. The lowest BCUT2D eigenvalue weighted by Crippen LogP contribution is -2.32. The first-order valence-corrected chi connectivity index (χ1v) is 4.78. The van der Waals surface area contributed by atoms with E-state index in [4.69, 9.17) is 5.73 Å². The van der Waals surface area contributed by atoms with Crippen LogP contribution in [-0.2, 0) is 0 Å². The summed E-state index contributed by atoms with van der Waals surface area (Å²) in [5.74, 6) is -0.595. The Labute approximate surface area is 88.7 Å². The second kappa shape index (κ2) is 4.89. The van der Waals surface area contributed by atoms with E-state index in [1.807, 2.05) is 0 Å². The third-order valence-corrected chi connectivity index (χ3v) is 2.24. The maximum absolute atomic E-state index is 13.0. The molecule has 2 N–H and O–H groups in total. The summed E-state index contributed by atoms with van der Waals surface area (Å²) >= 11 is 0. The van der Waals surface area contributed by atoms with Crippen LogP contribution < -0.4 is 5.73 Å². The van der Waals surface area contributed by atoms with Gasteiger partial charge in [-0.2, -0.15) is 0 Å². The Morgan fingerprint density at radius 3 is 2.80 bits per heavy atom. The van der Waals surface area contributed by atoms with Gasteiger partial charge in [0, 0.05) is 25.7 Å². The summed E-state index contributed by atoms with van der Waals surface area (Å²) < 4.78 is 13.0. The van der Waals surface area contributed by atoms with Crippen molar-refractivity contribution in [2.45, 2.75) is 6.92 Å². The molecule has 0 saturated heterocycles. The van der Waals surface area contributed by atoms with Gasteiger partial charge in [-0.1, -0.05) is 6.07 Å². The van der Waals surface area contributed by atoms with Crippen LogP contribution in [0.15, 0.2) is 18.2 Å². The molecule has 1 rings (SSSR count). The standard InChI is InChI=1S/C11H15FN2O/c1-8-3-4-9(12)7-10(8)11(15)14(2)6-5-13/h3-4,7H,5-6,13H2,1-2H3. The van der Waals surface area contributed by atoms with E-state index in [1.54, 1.807) is 20.0 Å². The quantitative estimate of drug-likeness (QED) is 0.813. The number of aryl methyl sites for hydroxylation is 1. The zero-order valence-corrected chi connectivity index (χ0v) is 8.96. The van der Waals surface area contributed by atoms with Gasteiger partial charge in [0.25, 0.3) is 5.91 Å². The van der Waals surface area contributed by atoms with Crippen LogP contribution in [0.2, 0.25) is 0 Å². The zero-order valence-electron chi connectivity index (χ0n) is 8.96. The Morgan fingerprint density at radius 1 is 1.53 bits per heavy atom. The lowest BCUT2D eigenvalue weighted by atomic mass is 10.1. The number of likely N-dealkylation sites (N-methyl/N-ethyl adjacent to an activating group) is 1. The van der Waals surface area contributed by atoms with Crippen LogP contribution >= 0.6 is 0 Å². The highest BCUT2D eigenvalue weighted by atomic mass is 19.1. The maximum atomic E-state index is 13.0. The first-order valence-electron chi connectivity index (χ1n) is 4.78. The van der Waals surface area contributed by atoms with Gasteiger partial charge in [0.15, 0.2) is 0 Å². The van der Waals surface area contributed by atoms with Crippen LogP contribution in [0.25, 0.3) is 0 Å². The van der Waals surface area contributed by atoms with Crippen LogP contribution in [-0.4, -0.2) is 30.9 Å². The fourth-order valence-corrected chi connectivity index (χ4v) is 1.33. The molecule has 1 aromatic carbocycles. The third-order valence-electron chi connectivity index (χ3n) is 2.24. The van der Waals surface area contributed by atoms with Crippen molar-refractivity contribution in [3.8, 4) is 0 Å². The molecule has 0 atom stereocenters. The minimum Gasteiger partial charge on any atom is -0.340 e. The molecule has 82 valence electrons. The molecule has 0 spiro atoms. The molecule has 0 heterocycles. The maximum Gasteiger partial charge on any atom is 0.254 e. The molecular formula is C11H15FN2O. The van der Waals surface area contributed by atoms with Gasteiger partial charge >= 0.3 is 0 Å². The van der Waals surface area contributed by atoms with Gasteiger partial charge in [0.1, 0.15) is 5.82 Å². The fraction of sp³-hybridized carbons (Fsp3) is 0.364. The second-order valence-corrected chi connectivity index (χ2v) is 3.47. The number of hydrogen-bond donors (Lipinski definition) is 1. The van der Waals surface area contributed by atoms with Crippen molar-refractivity contribution in [2.75, 3.05) is 20.1 Å². The topological polar surface area (TPSA) is 46.3 Å². The number of nitrogens with zero attached hydrogens (tertiary/aromatic N) is 1. The molecule has 0 unspecified atom stereocenters. The molecule has 3 nitrogen and oxygen atoms in total. The van der Waals surface area contributed by atoms with Crippen LogP contribution in [0, 0.1) is 12.7 Å². The lowest BCUT2D eigenvalue weighted by molar-refractivity contribution is 0.0798. The summed E-state index contributed by atoms with van der Waals surface area (Å²) in [5, 5.41) is 0. The number of rotatable bonds is 3. The minimum atomic E-state index is -0.398. The molecule has 0 radical (unpaired) electrons. The molecule has 0 aliphatic rings. The largest absolute Gasteiger partial charge is 0.340 e. The summed E-state index contributed by atoms with van der Waals surface area (Å²) in [7, 11) is 1.65. The van der Waals surface area contributed by atoms with Crippen molar-refractivity contribution < 1.29 is 9.18 Å². The summed E-state index contributed by atoms with van der Waals surface area (Å²) in [5.41, 5.74) is 6.51. The highest BCUT2D eigenvalue weighted by Gasteiger charge is 2.13. The summed E-state index contributed by atoms with van der Waals surface area (Å²) in [6, 6.07) is 4.19. The van der Waals surface area contributed by atoms with E-state index < -0.39 is 5.82 Å². The molecular weight excluding hydrogens is 195 g/mol. The van der Waals surface area contributed by atoms with Crippen molar-refractivity contribution in [2.24, 2.45) is 5.73 Å². The van der Waals surface area contributed by atoms with E-state index in [2.05, 4.69) is 0 Å². The lowest BCUT2D eigenvalue weighted by Gasteiger charge is -2.17. The average molecular weight is 210 g/mol. The van der Waals surface area contributed by atoms with Gasteiger partial charge < -0.3 is 10.6 Å². The van der Waals surface area contributed by atoms with Crippen LogP contribution in [0.3, 0.4) is 0 Å². The molecule has 15 heavy (non-hydrogen) atoms. The number of carbonyl (C=O) groups excluding carboxylic acids is 1. The number of hydrogen-bond acceptors (Lipinski definition) is 2. The van der Waals surface area contributed by atoms with Crippen LogP contribution in [0.5, 0.6) is 0 Å². The molecule has 0 fully saturated rings. The Hall–Kier alpha value is -1.42. The first-order chi connectivity index (χ1) is 7.06. The highest BCUT2D eigenvalue weighted by Crippen LogP contribution is 2.12. The molecule has 0 saturated carbocycles. The Bertz CT molecular complexity index is 366. The minimum absolute atomic E-state index is 0.197. The Morgan fingerprint density at radius 2 is 2.20 bits per heavy atom. The van der Waals surface area contributed by atoms with Crippen molar-refractivity contribution in [3.05, 3.63) is 35.1 Å². The Kier molecular flexibility index (Phi) is 3.80. The zero-order chi connectivity index (χ0) is 11.4. The molecule has 1 aromatic rings. The van der Waals surface area contributed by atoms with E-state index in [0.29, 0.717) is 18.7 Å². The van der Waals surface area contributed by atoms with Crippen molar-refractivity contribution >= 4 is 5.91 Å². The average Bonchev–Trinajstić information content (AvgIpc) is 2.21. The van der Waals surface area contributed by atoms with Gasteiger partial charge in [-0.25, -0.2) is 4.39 Å². The van der Waals surface area contributed by atoms with Crippen LogP contribution in [0.1, 0.15) is 15.9 Å². The number of halogens is 1. The number of benzene rings is 1. The van der Waals surface area contributed by atoms with E-state index in [9.17, 15) is 9.18 Å². The van der Waals surface area contributed by atoms with Gasteiger partial charge in [-0.05, 0) is 24.6 Å². The molecule has 4 heteroatoms. The summed E-state index contributed by atoms with van der Waals surface area (Å²) in [6.45, 7) is 2.65. The SMILES string of the molecule is Cc1ccc(F)cc1C(=O)N(C)CCN. The van der Waals surface area contributed by atoms with Gasteiger partial charge in [0.2, 0.25) is 0 Å². The van der Waals surface area contributed by atoms with Gasteiger partial charge in [-0.3, -0.25) is 4.79 Å². The summed E-state index contributed by atoms with van der Waals surface area (Å²) in [4.78, 5) is 13.3. The second-order valence-electron chi connectivity index (χ2n) is 3.47.